The summed E-state index contributed by atoms with van der Waals surface area (Å²) in [6, 6.07) is 15.6. The summed E-state index contributed by atoms with van der Waals surface area (Å²) < 4.78 is 10.5. The molecule has 0 saturated carbocycles. The van der Waals surface area contributed by atoms with Crippen molar-refractivity contribution in [2.24, 2.45) is 0 Å². The van der Waals surface area contributed by atoms with Crippen molar-refractivity contribution >= 4 is 34.9 Å². The lowest BCUT2D eigenvalue weighted by Crippen LogP contribution is -2.49. The number of pyridine rings is 1. The second kappa shape index (κ2) is 10.4. The van der Waals surface area contributed by atoms with E-state index in [4.69, 9.17) is 21.1 Å². The predicted octanol–water partition coefficient (Wildman–Crippen LogP) is 3.97. The minimum atomic E-state index is -0.274. The van der Waals surface area contributed by atoms with Gasteiger partial charge < -0.3 is 24.6 Å². The number of carbonyl (C=O) groups is 2. The van der Waals surface area contributed by atoms with E-state index in [1.165, 1.54) is 7.11 Å². The van der Waals surface area contributed by atoms with Crippen LogP contribution in [0.2, 0.25) is 5.02 Å². The average Bonchev–Trinajstić information content (AvgIpc) is 2.88. The Morgan fingerprint density at radius 2 is 1.68 bits per heavy atom. The monoisotopic (exact) mass is 480 g/mol. The third-order valence-corrected chi connectivity index (χ3v) is 5.85. The van der Waals surface area contributed by atoms with E-state index in [2.05, 4.69) is 15.2 Å². The Labute approximate surface area is 203 Å². The van der Waals surface area contributed by atoms with E-state index in [0.29, 0.717) is 59.5 Å². The van der Waals surface area contributed by atoms with Gasteiger partial charge in [0.25, 0.3) is 11.8 Å². The molecule has 0 radical (unpaired) electrons. The molecule has 0 spiro atoms. The molecule has 2 amide bonds. The van der Waals surface area contributed by atoms with E-state index in [0.717, 1.165) is 5.82 Å². The normalized spacial score (nSPS) is 13.4. The van der Waals surface area contributed by atoms with Crippen LogP contribution in [-0.4, -0.2) is 62.1 Å². The fraction of sp³-hybridized carbons (Fsp3) is 0.240. The Morgan fingerprint density at radius 1 is 0.912 bits per heavy atom. The molecule has 2 heterocycles. The highest BCUT2D eigenvalue weighted by molar-refractivity contribution is 6.30. The number of hydrogen-bond acceptors (Lipinski definition) is 6. The molecule has 1 saturated heterocycles. The minimum absolute atomic E-state index is 0.0247. The van der Waals surface area contributed by atoms with Gasteiger partial charge in [0.1, 0.15) is 5.82 Å². The molecular formula is C25H25ClN4O4. The fourth-order valence-electron chi connectivity index (χ4n) is 3.77. The summed E-state index contributed by atoms with van der Waals surface area (Å²) in [5.74, 6) is 1.53. The Hall–Kier alpha value is -3.78. The quantitative estimate of drug-likeness (QED) is 0.574. The topological polar surface area (TPSA) is 84.0 Å². The lowest BCUT2D eigenvalue weighted by atomic mass is 10.2. The van der Waals surface area contributed by atoms with Crippen LogP contribution in [0.1, 0.15) is 20.7 Å². The van der Waals surface area contributed by atoms with Gasteiger partial charge >= 0.3 is 0 Å². The highest BCUT2D eigenvalue weighted by atomic mass is 35.5. The summed E-state index contributed by atoms with van der Waals surface area (Å²) in [6.07, 6.45) is 1.62. The summed E-state index contributed by atoms with van der Waals surface area (Å²) in [7, 11) is 3.07. The lowest BCUT2D eigenvalue weighted by molar-refractivity contribution is 0.0746. The molecule has 1 aliphatic heterocycles. The van der Waals surface area contributed by atoms with E-state index in [9.17, 15) is 9.59 Å². The number of ether oxygens (including phenoxy) is 2. The number of nitrogens with zero attached hydrogens (tertiary/aromatic N) is 3. The van der Waals surface area contributed by atoms with Crippen LogP contribution in [0.5, 0.6) is 11.5 Å². The molecule has 176 valence electrons. The number of aromatic nitrogens is 1. The van der Waals surface area contributed by atoms with Gasteiger partial charge in [0.2, 0.25) is 0 Å². The number of nitrogens with one attached hydrogen (secondary N) is 1. The molecular weight excluding hydrogens is 456 g/mol. The molecule has 9 heteroatoms. The van der Waals surface area contributed by atoms with Crippen molar-refractivity contribution in [2.45, 2.75) is 0 Å². The second-order valence-electron chi connectivity index (χ2n) is 7.72. The molecule has 4 rings (SSSR count). The summed E-state index contributed by atoms with van der Waals surface area (Å²) in [6.45, 7) is 2.50. The van der Waals surface area contributed by atoms with Crippen molar-refractivity contribution in [2.75, 3.05) is 50.6 Å². The van der Waals surface area contributed by atoms with Crippen LogP contribution in [0.4, 0.5) is 11.5 Å². The lowest BCUT2D eigenvalue weighted by Gasteiger charge is -2.35. The Morgan fingerprint density at radius 3 is 2.32 bits per heavy atom. The summed E-state index contributed by atoms with van der Waals surface area (Å²) >= 11 is 6.01. The Balaban J connectivity index is 1.34. The first-order valence-electron chi connectivity index (χ1n) is 10.8. The van der Waals surface area contributed by atoms with Gasteiger partial charge in [-0.1, -0.05) is 17.7 Å². The van der Waals surface area contributed by atoms with Crippen LogP contribution in [0.3, 0.4) is 0 Å². The van der Waals surface area contributed by atoms with Gasteiger partial charge in [0.05, 0.1) is 26.1 Å². The molecule has 1 aromatic heterocycles. The van der Waals surface area contributed by atoms with Crippen molar-refractivity contribution in [1.29, 1.82) is 0 Å². The third-order valence-electron chi connectivity index (χ3n) is 5.61. The average molecular weight is 481 g/mol. The number of anilines is 2. The SMILES string of the molecule is COc1ccc(C(=O)Nc2ccc(N3CCN(C(=O)c4cccc(Cl)c4)CC3)nc2)cc1OC. The van der Waals surface area contributed by atoms with Crippen LogP contribution in [0, 0.1) is 0 Å². The molecule has 1 fully saturated rings. The Kier molecular flexibility index (Phi) is 7.18. The smallest absolute Gasteiger partial charge is 0.255 e. The van der Waals surface area contributed by atoms with E-state index in [1.54, 1.807) is 55.8 Å². The Bertz CT molecular complexity index is 1180. The van der Waals surface area contributed by atoms with Crippen molar-refractivity contribution in [3.63, 3.8) is 0 Å². The van der Waals surface area contributed by atoms with E-state index >= 15 is 0 Å². The van der Waals surface area contributed by atoms with Crippen LogP contribution >= 0.6 is 11.6 Å². The number of methoxy groups -OCH3 is 2. The van der Waals surface area contributed by atoms with E-state index in [1.807, 2.05) is 17.0 Å². The molecule has 0 bridgehead atoms. The standard InChI is InChI=1S/C25H25ClN4O4/c1-33-21-8-6-17(15-22(21)34-2)24(31)28-20-7-9-23(27-16-20)29-10-12-30(13-11-29)25(32)18-4-3-5-19(26)14-18/h3-9,14-16H,10-13H2,1-2H3,(H,28,31). The fourth-order valence-corrected chi connectivity index (χ4v) is 3.96. The van der Waals surface area contributed by atoms with Crippen LogP contribution in [0.25, 0.3) is 0 Å². The highest BCUT2D eigenvalue weighted by Gasteiger charge is 2.23. The number of hydrogen-bond donors (Lipinski definition) is 1. The van der Waals surface area contributed by atoms with Crippen LogP contribution in [0.15, 0.2) is 60.8 Å². The summed E-state index contributed by atoms with van der Waals surface area (Å²) in [5, 5.41) is 3.39. The molecule has 2 aromatic carbocycles. The molecule has 0 atom stereocenters. The maximum Gasteiger partial charge on any atom is 0.255 e. The number of benzene rings is 2. The van der Waals surface area contributed by atoms with E-state index < -0.39 is 0 Å². The number of halogens is 1. The van der Waals surface area contributed by atoms with E-state index in [-0.39, 0.29) is 11.8 Å². The molecule has 8 nitrogen and oxygen atoms in total. The zero-order valence-electron chi connectivity index (χ0n) is 19.0. The van der Waals surface area contributed by atoms with Gasteiger partial charge in [-0.2, -0.15) is 0 Å². The largest absolute Gasteiger partial charge is 0.493 e. The molecule has 1 N–H and O–H groups in total. The second-order valence-corrected chi connectivity index (χ2v) is 8.15. The molecule has 3 aromatic rings. The van der Waals surface area contributed by atoms with Crippen LogP contribution in [-0.2, 0) is 0 Å². The highest BCUT2D eigenvalue weighted by Crippen LogP contribution is 2.28. The number of rotatable bonds is 6. The van der Waals surface area contributed by atoms with Gasteiger partial charge in [0.15, 0.2) is 11.5 Å². The van der Waals surface area contributed by atoms with Crippen LogP contribution < -0.4 is 19.7 Å². The first-order valence-corrected chi connectivity index (χ1v) is 11.2. The van der Waals surface area contributed by atoms with Gasteiger partial charge in [0, 0.05) is 42.3 Å². The van der Waals surface area contributed by atoms with Crippen molar-refractivity contribution in [3.05, 3.63) is 76.9 Å². The predicted molar refractivity (Wildman–Crippen MR) is 131 cm³/mol. The van der Waals surface area contributed by atoms with Gasteiger partial charge in [-0.25, -0.2) is 4.98 Å². The van der Waals surface area contributed by atoms with Crippen molar-refractivity contribution < 1.29 is 19.1 Å². The maximum absolute atomic E-state index is 12.7. The van der Waals surface area contributed by atoms with Gasteiger partial charge in [-0.3, -0.25) is 9.59 Å². The van der Waals surface area contributed by atoms with Crippen molar-refractivity contribution in [3.8, 4) is 11.5 Å². The van der Waals surface area contributed by atoms with Crippen molar-refractivity contribution in [1.82, 2.24) is 9.88 Å². The molecule has 0 aliphatic carbocycles. The van der Waals surface area contributed by atoms with Gasteiger partial charge in [-0.15, -0.1) is 0 Å². The molecule has 1 aliphatic rings. The third kappa shape index (κ3) is 5.23. The summed E-state index contributed by atoms with van der Waals surface area (Å²) in [5.41, 5.74) is 1.62. The zero-order valence-corrected chi connectivity index (χ0v) is 19.7. The number of piperazine rings is 1. The number of carbonyl (C=O) groups excluding carboxylic acids is 2. The summed E-state index contributed by atoms with van der Waals surface area (Å²) in [4.78, 5) is 33.8. The zero-order chi connectivity index (χ0) is 24.1. The number of amides is 2. The minimum Gasteiger partial charge on any atom is -0.493 e. The van der Waals surface area contributed by atoms with Gasteiger partial charge in [-0.05, 0) is 48.5 Å². The maximum atomic E-state index is 12.7. The first-order chi connectivity index (χ1) is 16.5. The first kappa shape index (κ1) is 23.4. The molecule has 0 unspecified atom stereocenters. The molecule has 34 heavy (non-hydrogen) atoms.